The first-order valence-corrected chi connectivity index (χ1v) is 10.2. The molecule has 2 aromatic rings. The number of amides is 2. The number of anilines is 2. The summed E-state index contributed by atoms with van der Waals surface area (Å²) in [5.74, 6) is 0. The number of hydrogen-bond acceptors (Lipinski definition) is 4. The highest BCUT2D eigenvalue weighted by atomic mass is 16.6. The Kier molecular flexibility index (Phi) is 5.30. The Balaban J connectivity index is 1.52. The molecule has 2 aliphatic rings. The van der Waals surface area contributed by atoms with Crippen LogP contribution in [0.25, 0.3) is 0 Å². The lowest BCUT2D eigenvalue weighted by Gasteiger charge is -2.40. The molecule has 0 atom stereocenters. The summed E-state index contributed by atoms with van der Waals surface area (Å²) in [5.41, 5.74) is 3.86. The van der Waals surface area contributed by atoms with Crippen LogP contribution in [0, 0.1) is 10.1 Å². The molecular formula is C23H26N4O3. The van der Waals surface area contributed by atoms with Crippen LogP contribution in [-0.2, 0) is 5.41 Å². The first-order chi connectivity index (χ1) is 14.4. The number of para-hydroxylation sites is 1. The number of fused-ring (bicyclic) bond motifs is 2. The highest BCUT2D eigenvalue weighted by Gasteiger charge is 2.46. The fourth-order valence-corrected chi connectivity index (χ4v) is 4.62. The van der Waals surface area contributed by atoms with Crippen molar-refractivity contribution < 1.29 is 9.72 Å². The molecule has 0 aromatic heterocycles. The number of nitrogens with one attached hydrogen (secondary N) is 1. The Morgan fingerprint density at radius 1 is 1.17 bits per heavy atom. The van der Waals surface area contributed by atoms with Gasteiger partial charge in [0, 0.05) is 42.0 Å². The number of piperidine rings is 1. The summed E-state index contributed by atoms with van der Waals surface area (Å²) in [6.45, 7) is 9.61. The third-order valence-electron chi connectivity index (χ3n) is 6.11. The molecule has 0 saturated carbocycles. The smallest absolute Gasteiger partial charge is 0.308 e. The SMILES string of the molecule is C=C(C)CN1CCC2(CC1)CN(C(=O)Nc1ccc([N+](=O)[O-])cc1)c1ccccc12. The van der Waals surface area contributed by atoms with E-state index in [1.165, 1.54) is 23.3 Å². The molecule has 0 bridgehead atoms. The highest BCUT2D eigenvalue weighted by Crippen LogP contribution is 2.47. The highest BCUT2D eigenvalue weighted by molar-refractivity contribution is 6.03. The molecule has 1 N–H and O–H groups in total. The molecule has 2 aromatic carbocycles. The van der Waals surface area contributed by atoms with Gasteiger partial charge in [0.25, 0.3) is 5.69 Å². The van der Waals surface area contributed by atoms with E-state index < -0.39 is 4.92 Å². The number of nitro benzene ring substituents is 1. The summed E-state index contributed by atoms with van der Waals surface area (Å²) < 4.78 is 0. The van der Waals surface area contributed by atoms with E-state index in [0.29, 0.717) is 12.2 Å². The van der Waals surface area contributed by atoms with Gasteiger partial charge < -0.3 is 5.32 Å². The number of rotatable bonds is 4. The largest absolute Gasteiger partial charge is 0.326 e. The molecule has 7 heteroatoms. The first kappa shape index (κ1) is 20.1. The zero-order valence-corrected chi connectivity index (χ0v) is 17.1. The summed E-state index contributed by atoms with van der Waals surface area (Å²) in [4.78, 5) is 27.7. The maximum atomic E-state index is 13.1. The number of hydrogen-bond donors (Lipinski definition) is 1. The Hall–Kier alpha value is -3.19. The van der Waals surface area contributed by atoms with Crippen LogP contribution in [0.2, 0.25) is 0 Å². The number of nitrogens with zero attached hydrogens (tertiary/aromatic N) is 3. The van der Waals surface area contributed by atoms with Crippen LogP contribution in [0.4, 0.5) is 21.9 Å². The lowest BCUT2D eigenvalue weighted by Crippen LogP contribution is -2.47. The number of carbonyl (C=O) groups is 1. The number of non-ortho nitro benzene ring substituents is 1. The molecule has 2 amide bonds. The maximum absolute atomic E-state index is 13.1. The van der Waals surface area contributed by atoms with Crippen molar-refractivity contribution in [2.45, 2.75) is 25.2 Å². The second-order valence-corrected chi connectivity index (χ2v) is 8.35. The molecule has 2 heterocycles. The zero-order chi connectivity index (χ0) is 21.3. The van der Waals surface area contributed by atoms with Gasteiger partial charge in [0.05, 0.1) is 4.92 Å². The topological polar surface area (TPSA) is 78.7 Å². The Labute approximate surface area is 176 Å². The van der Waals surface area contributed by atoms with E-state index in [4.69, 9.17) is 0 Å². The minimum Gasteiger partial charge on any atom is -0.308 e. The third kappa shape index (κ3) is 3.80. The molecule has 0 radical (unpaired) electrons. The molecule has 7 nitrogen and oxygen atoms in total. The zero-order valence-electron chi connectivity index (χ0n) is 17.1. The number of nitro groups is 1. The molecule has 30 heavy (non-hydrogen) atoms. The van der Waals surface area contributed by atoms with Gasteiger partial charge in [-0.15, -0.1) is 0 Å². The van der Waals surface area contributed by atoms with Gasteiger partial charge in [0.1, 0.15) is 0 Å². The molecular weight excluding hydrogens is 380 g/mol. The maximum Gasteiger partial charge on any atom is 0.326 e. The third-order valence-corrected chi connectivity index (χ3v) is 6.11. The average molecular weight is 406 g/mol. The minimum absolute atomic E-state index is 0.00000857. The number of urea groups is 1. The summed E-state index contributed by atoms with van der Waals surface area (Å²) in [6, 6.07) is 13.8. The van der Waals surface area contributed by atoms with Crippen molar-refractivity contribution >= 4 is 23.1 Å². The number of carbonyl (C=O) groups excluding carboxylic acids is 1. The lowest BCUT2D eigenvalue weighted by molar-refractivity contribution is -0.384. The van der Waals surface area contributed by atoms with Gasteiger partial charge in [-0.05, 0) is 56.6 Å². The van der Waals surface area contributed by atoms with Gasteiger partial charge in [-0.3, -0.25) is 19.9 Å². The van der Waals surface area contributed by atoms with Crippen LogP contribution in [0.15, 0.2) is 60.7 Å². The van der Waals surface area contributed by atoms with Gasteiger partial charge in [-0.2, -0.15) is 0 Å². The van der Waals surface area contributed by atoms with E-state index >= 15 is 0 Å². The van der Waals surface area contributed by atoms with Gasteiger partial charge in [0.2, 0.25) is 0 Å². The van der Waals surface area contributed by atoms with Crippen LogP contribution in [0.5, 0.6) is 0 Å². The molecule has 4 rings (SSSR count). The molecule has 2 aliphatic heterocycles. The van der Waals surface area contributed by atoms with Gasteiger partial charge >= 0.3 is 6.03 Å². The van der Waals surface area contributed by atoms with Crippen molar-refractivity contribution in [2.75, 3.05) is 36.4 Å². The van der Waals surface area contributed by atoms with Crippen LogP contribution in [0.3, 0.4) is 0 Å². The molecule has 0 aliphatic carbocycles. The Morgan fingerprint density at radius 3 is 2.47 bits per heavy atom. The summed E-state index contributed by atoms with van der Waals surface area (Å²) in [7, 11) is 0. The van der Waals surface area contributed by atoms with Crippen molar-refractivity contribution in [1.29, 1.82) is 0 Å². The summed E-state index contributed by atoms with van der Waals surface area (Å²) in [5, 5.41) is 13.7. The fraction of sp³-hybridized carbons (Fsp3) is 0.348. The number of benzene rings is 2. The minimum atomic E-state index is -0.452. The van der Waals surface area contributed by atoms with Crippen molar-refractivity contribution in [3.63, 3.8) is 0 Å². The van der Waals surface area contributed by atoms with E-state index in [-0.39, 0.29) is 17.1 Å². The Morgan fingerprint density at radius 2 is 1.83 bits per heavy atom. The van der Waals surface area contributed by atoms with Crippen LogP contribution in [0.1, 0.15) is 25.3 Å². The summed E-state index contributed by atoms with van der Waals surface area (Å²) in [6.07, 6.45) is 2.00. The van der Waals surface area contributed by atoms with E-state index in [1.54, 1.807) is 12.1 Å². The quantitative estimate of drug-likeness (QED) is 0.459. The van der Waals surface area contributed by atoms with Gasteiger partial charge in [-0.25, -0.2) is 4.79 Å². The molecule has 1 spiro atoms. The van der Waals surface area contributed by atoms with E-state index in [9.17, 15) is 14.9 Å². The van der Waals surface area contributed by atoms with Crippen molar-refractivity contribution in [3.8, 4) is 0 Å². The predicted molar refractivity (Wildman–Crippen MR) is 118 cm³/mol. The van der Waals surface area contributed by atoms with E-state index in [2.05, 4.69) is 29.8 Å². The standard InChI is InChI=1S/C23H26N4O3/c1-17(2)15-25-13-11-23(12-14-25)16-26(21-6-4-3-5-20(21)23)22(28)24-18-7-9-19(10-8-18)27(29)30/h3-10H,1,11-16H2,2H3,(H,24,28). The second kappa shape index (κ2) is 7.91. The van der Waals surface area contributed by atoms with Crippen LogP contribution >= 0.6 is 0 Å². The summed E-state index contributed by atoms with van der Waals surface area (Å²) >= 11 is 0. The van der Waals surface area contributed by atoms with Gasteiger partial charge in [0.15, 0.2) is 0 Å². The fourth-order valence-electron chi connectivity index (χ4n) is 4.62. The molecule has 1 fully saturated rings. The average Bonchev–Trinajstić information content (AvgIpc) is 3.05. The van der Waals surface area contributed by atoms with Crippen LogP contribution < -0.4 is 10.2 Å². The number of likely N-dealkylation sites (tertiary alicyclic amines) is 1. The monoisotopic (exact) mass is 406 g/mol. The lowest BCUT2D eigenvalue weighted by atomic mass is 9.74. The molecule has 156 valence electrons. The second-order valence-electron chi connectivity index (χ2n) is 8.35. The van der Waals surface area contributed by atoms with E-state index in [0.717, 1.165) is 38.2 Å². The first-order valence-electron chi connectivity index (χ1n) is 10.2. The van der Waals surface area contributed by atoms with E-state index in [1.807, 2.05) is 23.1 Å². The normalized spacial score (nSPS) is 17.6. The predicted octanol–water partition coefficient (Wildman–Crippen LogP) is 4.56. The van der Waals surface area contributed by atoms with Crippen molar-refractivity contribution in [2.24, 2.45) is 0 Å². The van der Waals surface area contributed by atoms with Gasteiger partial charge in [-0.1, -0.05) is 30.4 Å². The van der Waals surface area contributed by atoms with Crippen molar-refractivity contribution in [3.05, 3.63) is 76.4 Å². The molecule has 1 saturated heterocycles. The van der Waals surface area contributed by atoms with Crippen LogP contribution in [-0.4, -0.2) is 42.0 Å². The Bertz CT molecular complexity index is 978. The van der Waals surface area contributed by atoms with Crippen molar-refractivity contribution in [1.82, 2.24) is 4.90 Å². The molecule has 0 unspecified atom stereocenters.